The molecule has 0 radical (unpaired) electrons. The molecular weight excluding hydrogens is 454 g/mol. The van der Waals surface area contributed by atoms with Crippen molar-refractivity contribution in [2.24, 2.45) is 0 Å². The topological polar surface area (TPSA) is 72.0 Å². The number of carbonyl (C=O) groups excluding carboxylic acids is 2. The Bertz CT molecular complexity index is 1150. The molecule has 1 aliphatic heterocycles. The monoisotopic (exact) mass is 487 g/mol. The van der Waals surface area contributed by atoms with Crippen molar-refractivity contribution in [1.82, 2.24) is 9.88 Å². The molecule has 188 valence electrons. The number of hydrogen-bond acceptors (Lipinski definition) is 6. The van der Waals surface area contributed by atoms with Crippen molar-refractivity contribution in [2.75, 3.05) is 37.7 Å². The molecule has 7 heteroatoms. The van der Waals surface area contributed by atoms with E-state index in [0.717, 1.165) is 17.1 Å². The highest BCUT2D eigenvalue weighted by Crippen LogP contribution is 2.24. The Balaban J connectivity index is 1.20. The number of rotatable bonds is 7. The average Bonchev–Trinajstić information content (AvgIpc) is 2.91. The van der Waals surface area contributed by atoms with Gasteiger partial charge in [-0.2, -0.15) is 0 Å². The number of ether oxygens (including phenoxy) is 2. The molecule has 0 atom stereocenters. The van der Waals surface area contributed by atoms with Crippen molar-refractivity contribution in [1.29, 1.82) is 0 Å². The average molecular weight is 488 g/mol. The van der Waals surface area contributed by atoms with Crippen LogP contribution in [-0.4, -0.2) is 54.5 Å². The quantitative estimate of drug-likeness (QED) is 0.458. The number of piperazine rings is 1. The van der Waals surface area contributed by atoms with Gasteiger partial charge in [-0.15, -0.1) is 0 Å². The maximum absolute atomic E-state index is 12.5. The van der Waals surface area contributed by atoms with Crippen molar-refractivity contribution >= 4 is 17.7 Å². The number of hydrogen-bond donors (Lipinski definition) is 0. The largest absolute Gasteiger partial charge is 0.489 e. The number of aromatic nitrogens is 1. The van der Waals surface area contributed by atoms with Crippen LogP contribution in [0.3, 0.4) is 0 Å². The lowest BCUT2D eigenvalue weighted by atomic mass is 9.87. The van der Waals surface area contributed by atoms with Crippen LogP contribution in [-0.2, 0) is 21.6 Å². The second kappa shape index (κ2) is 11.2. The summed E-state index contributed by atoms with van der Waals surface area (Å²) in [6.45, 7) is 9.19. The molecule has 0 bridgehead atoms. The van der Waals surface area contributed by atoms with E-state index in [-0.39, 0.29) is 17.9 Å². The SMILES string of the molecule is CC(C)(C)c1ccc(OCc2ccc(C(=O)OCC(=O)N3CCN(c4ccccn4)CC3)cc2)cc1. The normalized spacial score (nSPS) is 13.9. The molecule has 0 spiro atoms. The molecule has 1 aromatic heterocycles. The molecule has 2 aromatic carbocycles. The Morgan fingerprint density at radius 1 is 0.889 bits per heavy atom. The summed E-state index contributed by atoms with van der Waals surface area (Å²) in [5, 5.41) is 0. The van der Waals surface area contributed by atoms with Crippen LogP contribution in [0, 0.1) is 0 Å². The van der Waals surface area contributed by atoms with Gasteiger partial charge in [0.15, 0.2) is 6.61 Å². The summed E-state index contributed by atoms with van der Waals surface area (Å²) in [6, 6.07) is 20.9. The summed E-state index contributed by atoms with van der Waals surface area (Å²) in [4.78, 5) is 33.2. The predicted octanol–water partition coefficient (Wildman–Crippen LogP) is 4.46. The van der Waals surface area contributed by atoms with Crippen molar-refractivity contribution < 1.29 is 19.1 Å². The Labute approximate surface area is 212 Å². The van der Waals surface area contributed by atoms with E-state index in [2.05, 4.69) is 42.8 Å². The molecule has 4 rings (SSSR count). The lowest BCUT2D eigenvalue weighted by molar-refractivity contribution is -0.134. The van der Waals surface area contributed by atoms with Gasteiger partial charge in [-0.3, -0.25) is 4.79 Å². The molecule has 0 saturated carbocycles. The Kier molecular flexibility index (Phi) is 7.88. The third kappa shape index (κ3) is 6.62. The van der Waals surface area contributed by atoms with E-state index in [1.54, 1.807) is 23.2 Å². The Morgan fingerprint density at radius 3 is 2.19 bits per heavy atom. The number of anilines is 1. The standard InChI is InChI=1S/C29H33N3O4/c1-29(2,3)24-11-13-25(14-12-24)35-20-22-7-9-23(10-8-22)28(34)36-21-27(33)32-18-16-31(17-19-32)26-6-4-5-15-30-26/h4-15H,16-21H2,1-3H3. The van der Waals surface area contributed by atoms with Crippen LogP contribution in [0.15, 0.2) is 72.9 Å². The molecule has 1 amide bonds. The van der Waals surface area contributed by atoms with Crippen LogP contribution < -0.4 is 9.64 Å². The van der Waals surface area contributed by atoms with E-state index in [1.165, 1.54) is 5.56 Å². The highest BCUT2D eigenvalue weighted by Gasteiger charge is 2.23. The van der Waals surface area contributed by atoms with E-state index in [0.29, 0.717) is 38.3 Å². The molecule has 3 aromatic rings. The zero-order valence-corrected chi connectivity index (χ0v) is 21.1. The lowest BCUT2D eigenvalue weighted by Gasteiger charge is -2.35. The summed E-state index contributed by atoms with van der Waals surface area (Å²) in [6.07, 6.45) is 1.76. The van der Waals surface area contributed by atoms with Crippen molar-refractivity contribution in [3.8, 4) is 5.75 Å². The number of esters is 1. The molecular formula is C29H33N3O4. The van der Waals surface area contributed by atoms with Gasteiger partial charge in [-0.25, -0.2) is 9.78 Å². The summed E-state index contributed by atoms with van der Waals surface area (Å²) in [7, 11) is 0. The Morgan fingerprint density at radius 2 is 1.58 bits per heavy atom. The van der Waals surface area contributed by atoms with Crippen LogP contribution in [0.5, 0.6) is 5.75 Å². The van der Waals surface area contributed by atoms with Gasteiger partial charge in [-0.05, 0) is 52.9 Å². The molecule has 0 unspecified atom stereocenters. The molecule has 0 N–H and O–H groups in total. The number of benzene rings is 2. The van der Waals surface area contributed by atoms with Crippen molar-refractivity contribution in [3.05, 3.63) is 89.6 Å². The van der Waals surface area contributed by atoms with Gasteiger partial charge in [0.2, 0.25) is 0 Å². The fraction of sp³-hybridized carbons (Fsp3) is 0.345. The van der Waals surface area contributed by atoms with E-state index in [1.807, 2.05) is 42.5 Å². The molecule has 7 nitrogen and oxygen atoms in total. The molecule has 36 heavy (non-hydrogen) atoms. The number of nitrogens with zero attached hydrogens (tertiary/aromatic N) is 3. The third-order valence-corrected chi connectivity index (χ3v) is 6.25. The Hall–Kier alpha value is -3.87. The minimum atomic E-state index is -0.513. The van der Waals surface area contributed by atoms with Gasteiger partial charge >= 0.3 is 5.97 Å². The predicted molar refractivity (Wildman–Crippen MR) is 139 cm³/mol. The summed E-state index contributed by atoms with van der Waals surface area (Å²) < 4.78 is 11.1. The zero-order chi connectivity index (χ0) is 25.5. The third-order valence-electron chi connectivity index (χ3n) is 6.25. The van der Waals surface area contributed by atoms with Crippen LogP contribution in [0.2, 0.25) is 0 Å². The first-order valence-corrected chi connectivity index (χ1v) is 12.2. The van der Waals surface area contributed by atoms with E-state index < -0.39 is 5.97 Å². The van der Waals surface area contributed by atoms with Gasteiger partial charge in [-0.1, -0.05) is 51.1 Å². The molecule has 1 aliphatic rings. The molecule has 1 saturated heterocycles. The maximum atomic E-state index is 12.5. The maximum Gasteiger partial charge on any atom is 0.338 e. The van der Waals surface area contributed by atoms with Crippen LogP contribution in [0.1, 0.15) is 42.3 Å². The fourth-order valence-electron chi connectivity index (χ4n) is 3.98. The lowest BCUT2D eigenvalue weighted by Crippen LogP contribution is -2.50. The number of carbonyl (C=O) groups is 2. The van der Waals surface area contributed by atoms with E-state index in [9.17, 15) is 9.59 Å². The van der Waals surface area contributed by atoms with Gasteiger partial charge < -0.3 is 19.3 Å². The van der Waals surface area contributed by atoms with Crippen LogP contribution in [0.25, 0.3) is 0 Å². The first kappa shape index (κ1) is 25.2. The molecule has 0 aliphatic carbocycles. The van der Waals surface area contributed by atoms with E-state index >= 15 is 0 Å². The summed E-state index contributed by atoms with van der Waals surface area (Å²) in [5.41, 5.74) is 2.69. The smallest absolute Gasteiger partial charge is 0.338 e. The number of amides is 1. The first-order valence-electron chi connectivity index (χ1n) is 12.2. The van der Waals surface area contributed by atoms with Gasteiger partial charge in [0, 0.05) is 32.4 Å². The van der Waals surface area contributed by atoms with Gasteiger partial charge in [0.05, 0.1) is 5.56 Å². The van der Waals surface area contributed by atoms with E-state index in [4.69, 9.17) is 9.47 Å². The van der Waals surface area contributed by atoms with Crippen LogP contribution >= 0.6 is 0 Å². The highest BCUT2D eigenvalue weighted by molar-refractivity contribution is 5.91. The summed E-state index contributed by atoms with van der Waals surface area (Å²) >= 11 is 0. The van der Waals surface area contributed by atoms with Gasteiger partial charge in [0.25, 0.3) is 5.91 Å². The second-order valence-electron chi connectivity index (χ2n) is 9.89. The second-order valence-corrected chi connectivity index (χ2v) is 9.89. The fourth-order valence-corrected chi connectivity index (χ4v) is 3.98. The molecule has 2 heterocycles. The minimum Gasteiger partial charge on any atom is -0.489 e. The first-order chi connectivity index (χ1) is 17.3. The minimum absolute atomic E-state index is 0.0998. The van der Waals surface area contributed by atoms with Crippen LogP contribution in [0.4, 0.5) is 5.82 Å². The highest BCUT2D eigenvalue weighted by atomic mass is 16.5. The number of pyridine rings is 1. The van der Waals surface area contributed by atoms with Crippen molar-refractivity contribution in [2.45, 2.75) is 32.8 Å². The molecule has 1 fully saturated rings. The zero-order valence-electron chi connectivity index (χ0n) is 21.1. The van der Waals surface area contributed by atoms with Crippen molar-refractivity contribution in [3.63, 3.8) is 0 Å². The van der Waals surface area contributed by atoms with Gasteiger partial charge in [0.1, 0.15) is 18.2 Å². The summed E-state index contributed by atoms with van der Waals surface area (Å²) in [5.74, 6) is 1.00.